The van der Waals surface area contributed by atoms with Crippen LogP contribution in [-0.2, 0) is 0 Å². The molecule has 25 heavy (non-hydrogen) atoms. The van der Waals surface area contributed by atoms with Gasteiger partial charge >= 0.3 is 0 Å². The molecule has 1 aliphatic heterocycles. The fourth-order valence-electron chi connectivity index (χ4n) is 3.19. The molecular weight excluding hydrogens is 338 g/mol. The van der Waals surface area contributed by atoms with E-state index in [1.807, 2.05) is 36.4 Å². The number of halogens is 1. The molecule has 5 nitrogen and oxygen atoms in total. The summed E-state index contributed by atoms with van der Waals surface area (Å²) in [6.45, 7) is 2.00. The fraction of sp³-hybridized carbons (Fsp3) is 0.263. The topological polar surface area (TPSA) is 47.4 Å². The van der Waals surface area contributed by atoms with E-state index in [1.54, 1.807) is 23.2 Å². The van der Waals surface area contributed by atoms with Gasteiger partial charge in [-0.1, -0.05) is 11.6 Å². The maximum absolute atomic E-state index is 12.2. The second-order valence-corrected chi connectivity index (χ2v) is 6.65. The van der Waals surface area contributed by atoms with E-state index in [0.717, 1.165) is 36.2 Å². The highest BCUT2D eigenvalue weighted by Crippen LogP contribution is 2.28. The number of ether oxygens (including phenoxy) is 1. The first kappa shape index (κ1) is 16.1. The molecule has 0 amide bonds. The van der Waals surface area contributed by atoms with Gasteiger partial charge < -0.3 is 4.74 Å². The van der Waals surface area contributed by atoms with Crippen LogP contribution in [0.2, 0.25) is 5.02 Å². The van der Waals surface area contributed by atoms with Crippen molar-refractivity contribution in [2.75, 3.05) is 19.6 Å². The molecule has 0 spiro atoms. The molecule has 0 unspecified atom stereocenters. The van der Waals surface area contributed by atoms with E-state index in [9.17, 15) is 4.79 Å². The Morgan fingerprint density at radius 1 is 1.28 bits per heavy atom. The zero-order chi connectivity index (χ0) is 17.2. The third-order valence-electron chi connectivity index (χ3n) is 4.44. The summed E-state index contributed by atoms with van der Waals surface area (Å²) in [5, 5.41) is 1.61. The SMILES string of the molecule is O=C(CN1CC[C@H](Oc2ccnc3cc(Cl)ccc23)C1)n1cccc1. The molecule has 1 aromatic carbocycles. The van der Waals surface area contributed by atoms with Crippen LogP contribution >= 0.6 is 11.6 Å². The average Bonchev–Trinajstić information content (AvgIpc) is 3.27. The van der Waals surface area contributed by atoms with Crippen LogP contribution < -0.4 is 4.74 Å². The first-order valence-electron chi connectivity index (χ1n) is 8.28. The van der Waals surface area contributed by atoms with E-state index in [1.165, 1.54) is 0 Å². The number of carbonyl (C=O) groups is 1. The van der Waals surface area contributed by atoms with Crippen molar-refractivity contribution in [3.63, 3.8) is 0 Å². The number of likely N-dealkylation sites (tertiary alicyclic amines) is 1. The molecule has 3 heterocycles. The van der Waals surface area contributed by atoms with Crippen LogP contribution in [0.5, 0.6) is 5.75 Å². The molecule has 1 atom stereocenters. The van der Waals surface area contributed by atoms with E-state index in [-0.39, 0.29) is 12.0 Å². The zero-order valence-corrected chi connectivity index (χ0v) is 14.4. The minimum atomic E-state index is 0.0683. The Morgan fingerprint density at radius 3 is 2.96 bits per heavy atom. The van der Waals surface area contributed by atoms with Gasteiger partial charge in [0.2, 0.25) is 5.91 Å². The van der Waals surface area contributed by atoms with Gasteiger partial charge in [-0.15, -0.1) is 0 Å². The smallest absolute Gasteiger partial charge is 0.244 e. The van der Waals surface area contributed by atoms with Gasteiger partial charge in [0.1, 0.15) is 11.9 Å². The second-order valence-electron chi connectivity index (χ2n) is 6.22. The van der Waals surface area contributed by atoms with Crippen molar-refractivity contribution in [2.45, 2.75) is 12.5 Å². The van der Waals surface area contributed by atoms with E-state index in [0.29, 0.717) is 11.6 Å². The van der Waals surface area contributed by atoms with Crippen LogP contribution in [0.3, 0.4) is 0 Å². The molecular formula is C19H18ClN3O2. The van der Waals surface area contributed by atoms with Crippen molar-refractivity contribution < 1.29 is 9.53 Å². The molecule has 0 saturated carbocycles. The molecule has 6 heteroatoms. The van der Waals surface area contributed by atoms with Crippen molar-refractivity contribution in [3.05, 3.63) is 60.0 Å². The predicted octanol–water partition coefficient (Wildman–Crippen LogP) is 3.48. The molecule has 0 N–H and O–H groups in total. The van der Waals surface area contributed by atoms with E-state index < -0.39 is 0 Å². The normalized spacial score (nSPS) is 17.9. The molecule has 1 saturated heterocycles. The monoisotopic (exact) mass is 355 g/mol. The molecule has 0 bridgehead atoms. The summed E-state index contributed by atoms with van der Waals surface area (Å²) >= 11 is 6.03. The lowest BCUT2D eigenvalue weighted by atomic mass is 10.2. The fourth-order valence-corrected chi connectivity index (χ4v) is 3.35. The summed E-state index contributed by atoms with van der Waals surface area (Å²) in [5.74, 6) is 0.889. The van der Waals surface area contributed by atoms with Crippen molar-refractivity contribution >= 4 is 28.4 Å². The third kappa shape index (κ3) is 3.52. The van der Waals surface area contributed by atoms with Crippen LogP contribution in [0.15, 0.2) is 55.0 Å². The number of hydrogen-bond acceptors (Lipinski definition) is 4. The van der Waals surface area contributed by atoms with Crippen molar-refractivity contribution in [2.24, 2.45) is 0 Å². The molecule has 0 aliphatic carbocycles. The lowest BCUT2D eigenvalue weighted by molar-refractivity contribution is 0.0856. The lowest BCUT2D eigenvalue weighted by Gasteiger charge is -2.17. The highest BCUT2D eigenvalue weighted by molar-refractivity contribution is 6.31. The summed E-state index contributed by atoms with van der Waals surface area (Å²) in [7, 11) is 0. The number of aromatic nitrogens is 2. The molecule has 128 valence electrons. The molecule has 0 radical (unpaired) electrons. The number of fused-ring (bicyclic) bond motifs is 1. The van der Waals surface area contributed by atoms with E-state index in [4.69, 9.17) is 16.3 Å². The van der Waals surface area contributed by atoms with Crippen LogP contribution in [0.25, 0.3) is 10.9 Å². The predicted molar refractivity (Wildman–Crippen MR) is 97.3 cm³/mol. The van der Waals surface area contributed by atoms with Crippen molar-refractivity contribution in [1.29, 1.82) is 0 Å². The largest absolute Gasteiger partial charge is 0.488 e. The Balaban J connectivity index is 1.42. The summed E-state index contributed by atoms with van der Waals surface area (Å²) in [6.07, 6.45) is 6.26. The number of benzene rings is 1. The van der Waals surface area contributed by atoms with Crippen LogP contribution in [0, 0.1) is 0 Å². The van der Waals surface area contributed by atoms with Crippen LogP contribution in [-0.4, -0.2) is 46.1 Å². The maximum atomic E-state index is 12.2. The van der Waals surface area contributed by atoms with Crippen LogP contribution in [0.1, 0.15) is 11.2 Å². The van der Waals surface area contributed by atoms with Gasteiger partial charge in [0.15, 0.2) is 0 Å². The highest BCUT2D eigenvalue weighted by atomic mass is 35.5. The molecule has 2 aromatic heterocycles. The van der Waals surface area contributed by atoms with Crippen molar-refractivity contribution in [1.82, 2.24) is 14.5 Å². The number of rotatable bonds is 4. The summed E-state index contributed by atoms with van der Waals surface area (Å²) < 4.78 is 7.81. The lowest BCUT2D eigenvalue weighted by Crippen LogP contribution is -2.32. The molecule has 1 aliphatic rings. The minimum Gasteiger partial charge on any atom is -0.488 e. The Labute approximate surface area is 150 Å². The first-order valence-corrected chi connectivity index (χ1v) is 8.66. The summed E-state index contributed by atoms with van der Waals surface area (Å²) in [5.41, 5.74) is 0.822. The number of pyridine rings is 1. The van der Waals surface area contributed by atoms with Gasteiger partial charge in [-0.2, -0.15) is 0 Å². The van der Waals surface area contributed by atoms with Gasteiger partial charge in [-0.25, -0.2) is 0 Å². The average molecular weight is 356 g/mol. The number of nitrogens with zero attached hydrogens (tertiary/aromatic N) is 3. The van der Waals surface area contributed by atoms with Gasteiger partial charge in [0.05, 0.1) is 12.1 Å². The van der Waals surface area contributed by atoms with E-state index in [2.05, 4.69) is 9.88 Å². The Morgan fingerprint density at radius 2 is 2.12 bits per heavy atom. The summed E-state index contributed by atoms with van der Waals surface area (Å²) in [4.78, 5) is 18.7. The standard InChI is InChI=1S/C19H18ClN3O2/c20-14-3-4-16-17(11-14)21-7-5-18(16)25-15-6-10-22(12-15)13-19(24)23-8-1-2-9-23/h1-5,7-9,11,15H,6,10,12-13H2/t15-/m0/s1. The van der Waals surface area contributed by atoms with Crippen LogP contribution in [0.4, 0.5) is 0 Å². The van der Waals surface area contributed by atoms with Gasteiger partial charge in [0.25, 0.3) is 0 Å². The van der Waals surface area contributed by atoms with Gasteiger partial charge in [0, 0.05) is 42.1 Å². The van der Waals surface area contributed by atoms with Gasteiger partial charge in [-0.05, 0) is 42.8 Å². The second kappa shape index (κ2) is 6.86. The van der Waals surface area contributed by atoms with E-state index >= 15 is 0 Å². The number of carbonyl (C=O) groups excluding carboxylic acids is 1. The molecule has 4 rings (SSSR count). The highest BCUT2D eigenvalue weighted by Gasteiger charge is 2.26. The molecule has 1 fully saturated rings. The van der Waals surface area contributed by atoms with Crippen molar-refractivity contribution in [3.8, 4) is 5.75 Å². The third-order valence-corrected chi connectivity index (χ3v) is 4.67. The zero-order valence-electron chi connectivity index (χ0n) is 13.6. The molecule has 3 aromatic rings. The first-order chi connectivity index (χ1) is 12.2. The number of hydrogen-bond donors (Lipinski definition) is 0. The quantitative estimate of drug-likeness (QED) is 0.718. The minimum absolute atomic E-state index is 0.0683. The maximum Gasteiger partial charge on any atom is 0.244 e. The Bertz CT molecular complexity index is 895. The Hall–Kier alpha value is -2.37. The Kier molecular flexibility index (Phi) is 4.42. The van der Waals surface area contributed by atoms with Gasteiger partial charge in [-0.3, -0.25) is 19.2 Å². The summed E-state index contributed by atoms with van der Waals surface area (Å²) in [6, 6.07) is 11.2.